The van der Waals surface area contributed by atoms with Crippen LogP contribution in [0.25, 0.3) is 0 Å². The summed E-state index contributed by atoms with van der Waals surface area (Å²) in [6, 6.07) is 0. The Balaban J connectivity index is 2.88. The molecule has 0 aliphatic carbocycles. The summed E-state index contributed by atoms with van der Waals surface area (Å²) in [5.41, 5.74) is 1.59. The zero-order chi connectivity index (χ0) is 10.7. The van der Waals surface area contributed by atoms with Gasteiger partial charge in [0, 0.05) is 5.56 Å². The molecule has 78 valence electrons. The molecule has 4 nitrogen and oxygen atoms in total. The van der Waals surface area contributed by atoms with E-state index < -0.39 is 0 Å². The first kappa shape index (κ1) is 10.8. The molecule has 1 unspecified atom stereocenters. The van der Waals surface area contributed by atoms with E-state index in [4.69, 9.17) is 9.26 Å². The topological polar surface area (TPSA) is 52.3 Å². The standard InChI is InChI=1S/C10H15NO3/c1-5-13-10(12)6(2)9-7(3)11-14-8(9)4/h6H,5H2,1-4H3. The highest BCUT2D eigenvalue weighted by molar-refractivity contribution is 5.78. The molecule has 1 aromatic rings. The van der Waals surface area contributed by atoms with E-state index in [0.29, 0.717) is 12.4 Å². The van der Waals surface area contributed by atoms with E-state index in [0.717, 1.165) is 11.3 Å². The van der Waals surface area contributed by atoms with Crippen molar-refractivity contribution in [3.8, 4) is 0 Å². The van der Waals surface area contributed by atoms with E-state index in [1.807, 2.05) is 6.92 Å². The van der Waals surface area contributed by atoms with E-state index in [-0.39, 0.29) is 11.9 Å². The van der Waals surface area contributed by atoms with E-state index in [1.54, 1.807) is 20.8 Å². The molecule has 0 saturated heterocycles. The van der Waals surface area contributed by atoms with Crippen molar-refractivity contribution < 1.29 is 14.1 Å². The lowest BCUT2D eigenvalue weighted by atomic mass is 10.00. The zero-order valence-electron chi connectivity index (χ0n) is 8.96. The number of carbonyl (C=O) groups is 1. The van der Waals surface area contributed by atoms with Gasteiger partial charge in [0.15, 0.2) is 0 Å². The fourth-order valence-electron chi connectivity index (χ4n) is 1.49. The smallest absolute Gasteiger partial charge is 0.313 e. The quantitative estimate of drug-likeness (QED) is 0.695. The minimum atomic E-state index is -0.304. The van der Waals surface area contributed by atoms with Crippen molar-refractivity contribution in [3.63, 3.8) is 0 Å². The van der Waals surface area contributed by atoms with Crippen LogP contribution in [-0.2, 0) is 9.53 Å². The van der Waals surface area contributed by atoms with Gasteiger partial charge in [-0.05, 0) is 27.7 Å². The molecule has 0 spiro atoms. The van der Waals surface area contributed by atoms with Crippen LogP contribution in [0.3, 0.4) is 0 Å². The average Bonchev–Trinajstić information content (AvgIpc) is 2.46. The molecule has 1 rings (SSSR count). The third-order valence-electron chi connectivity index (χ3n) is 2.16. The van der Waals surface area contributed by atoms with Crippen LogP contribution in [0.2, 0.25) is 0 Å². The second-order valence-corrected chi connectivity index (χ2v) is 3.21. The summed E-state index contributed by atoms with van der Waals surface area (Å²) in [6.45, 7) is 7.60. The predicted octanol–water partition coefficient (Wildman–Crippen LogP) is 1.96. The Kier molecular flexibility index (Phi) is 3.28. The Morgan fingerprint density at radius 1 is 1.57 bits per heavy atom. The molecular weight excluding hydrogens is 182 g/mol. The molecule has 0 aromatic carbocycles. The normalized spacial score (nSPS) is 12.6. The number of aryl methyl sites for hydroxylation is 2. The molecular formula is C10H15NO3. The maximum Gasteiger partial charge on any atom is 0.313 e. The monoisotopic (exact) mass is 197 g/mol. The lowest BCUT2D eigenvalue weighted by Crippen LogP contribution is -2.14. The van der Waals surface area contributed by atoms with Gasteiger partial charge in [-0.2, -0.15) is 0 Å². The Morgan fingerprint density at radius 3 is 2.64 bits per heavy atom. The highest BCUT2D eigenvalue weighted by Gasteiger charge is 2.23. The SMILES string of the molecule is CCOC(=O)C(C)c1c(C)noc1C. The van der Waals surface area contributed by atoms with Gasteiger partial charge in [-0.1, -0.05) is 5.16 Å². The van der Waals surface area contributed by atoms with Gasteiger partial charge in [-0.3, -0.25) is 4.79 Å². The van der Waals surface area contributed by atoms with E-state index in [1.165, 1.54) is 0 Å². The molecule has 1 heterocycles. The number of aromatic nitrogens is 1. The number of esters is 1. The van der Waals surface area contributed by atoms with Crippen LogP contribution in [-0.4, -0.2) is 17.7 Å². The van der Waals surface area contributed by atoms with Gasteiger partial charge in [0.2, 0.25) is 0 Å². The molecule has 0 saturated carbocycles. The van der Waals surface area contributed by atoms with E-state index >= 15 is 0 Å². The number of hydrogen-bond donors (Lipinski definition) is 0. The number of rotatable bonds is 3. The molecule has 0 radical (unpaired) electrons. The fourth-order valence-corrected chi connectivity index (χ4v) is 1.49. The molecule has 14 heavy (non-hydrogen) atoms. The Morgan fingerprint density at radius 2 is 2.21 bits per heavy atom. The van der Waals surface area contributed by atoms with Gasteiger partial charge >= 0.3 is 5.97 Å². The highest BCUT2D eigenvalue weighted by Crippen LogP contribution is 2.23. The van der Waals surface area contributed by atoms with Gasteiger partial charge in [0.25, 0.3) is 0 Å². The largest absolute Gasteiger partial charge is 0.466 e. The molecule has 1 atom stereocenters. The van der Waals surface area contributed by atoms with Crippen LogP contribution in [0.4, 0.5) is 0 Å². The van der Waals surface area contributed by atoms with Gasteiger partial charge < -0.3 is 9.26 Å². The minimum Gasteiger partial charge on any atom is -0.466 e. The molecule has 0 amide bonds. The molecule has 1 aromatic heterocycles. The summed E-state index contributed by atoms with van der Waals surface area (Å²) >= 11 is 0. The summed E-state index contributed by atoms with van der Waals surface area (Å²) in [7, 11) is 0. The minimum absolute atomic E-state index is 0.234. The summed E-state index contributed by atoms with van der Waals surface area (Å²) in [5, 5.41) is 3.80. The van der Waals surface area contributed by atoms with Crippen LogP contribution in [0.5, 0.6) is 0 Å². The van der Waals surface area contributed by atoms with Crippen LogP contribution in [0, 0.1) is 13.8 Å². The van der Waals surface area contributed by atoms with Crippen molar-refractivity contribution in [1.29, 1.82) is 0 Å². The second kappa shape index (κ2) is 4.26. The van der Waals surface area contributed by atoms with Crippen molar-refractivity contribution >= 4 is 5.97 Å². The Hall–Kier alpha value is -1.32. The number of ether oxygens (including phenoxy) is 1. The van der Waals surface area contributed by atoms with Gasteiger partial charge in [0.05, 0.1) is 18.2 Å². The van der Waals surface area contributed by atoms with Gasteiger partial charge in [0.1, 0.15) is 5.76 Å². The van der Waals surface area contributed by atoms with E-state index in [9.17, 15) is 4.79 Å². The van der Waals surface area contributed by atoms with Crippen molar-refractivity contribution in [1.82, 2.24) is 5.16 Å². The Labute approximate surface area is 83.2 Å². The van der Waals surface area contributed by atoms with Crippen LogP contribution >= 0.6 is 0 Å². The maximum atomic E-state index is 11.5. The molecule has 0 bridgehead atoms. The van der Waals surface area contributed by atoms with Crippen molar-refractivity contribution in [2.45, 2.75) is 33.6 Å². The van der Waals surface area contributed by atoms with Crippen molar-refractivity contribution in [2.24, 2.45) is 0 Å². The first-order valence-corrected chi connectivity index (χ1v) is 4.67. The maximum absolute atomic E-state index is 11.5. The van der Waals surface area contributed by atoms with Crippen LogP contribution in [0.15, 0.2) is 4.52 Å². The lowest BCUT2D eigenvalue weighted by molar-refractivity contribution is -0.144. The second-order valence-electron chi connectivity index (χ2n) is 3.21. The molecule has 0 aliphatic rings. The third kappa shape index (κ3) is 1.95. The molecule has 0 N–H and O–H groups in total. The average molecular weight is 197 g/mol. The first-order chi connectivity index (χ1) is 6.57. The molecule has 4 heteroatoms. The third-order valence-corrected chi connectivity index (χ3v) is 2.16. The summed E-state index contributed by atoms with van der Waals surface area (Å²) in [5.74, 6) is 0.145. The Bertz CT molecular complexity index is 311. The molecule has 0 aliphatic heterocycles. The summed E-state index contributed by atoms with van der Waals surface area (Å²) in [6.07, 6.45) is 0. The van der Waals surface area contributed by atoms with Crippen LogP contribution in [0.1, 0.15) is 36.8 Å². The number of hydrogen-bond acceptors (Lipinski definition) is 4. The van der Waals surface area contributed by atoms with Gasteiger partial charge in [-0.15, -0.1) is 0 Å². The first-order valence-electron chi connectivity index (χ1n) is 4.67. The predicted molar refractivity (Wildman–Crippen MR) is 51.0 cm³/mol. The number of carbonyl (C=O) groups excluding carboxylic acids is 1. The van der Waals surface area contributed by atoms with E-state index in [2.05, 4.69) is 5.16 Å². The summed E-state index contributed by atoms with van der Waals surface area (Å²) in [4.78, 5) is 11.5. The fraction of sp³-hybridized carbons (Fsp3) is 0.600. The lowest BCUT2D eigenvalue weighted by Gasteiger charge is -2.09. The summed E-state index contributed by atoms with van der Waals surface area (Å²) < 4.78 is 9.92. The van der Waals surface area contributed by atoms with Gasteiger partial charge in [-0.25, -0.2) is 0 Å². The zero-order valence-corrected chi connectivity index (χ0v) is 8.96. The van der Waals surface area contributed by atoms with Crippen molar-refractivity contribution in [2.75, 3.05) is 6.61 Å². The van der Waals surface area contributed by atoms with Crippen LogP contribution < -0.4 is 0 Å². The van der Waals surface area contributed by atoms with Crippen molar-refractivity contribution in [3.05, 3.63) is 17.0 Å². The highest BCUT2D eigenvalue weighted by atomic mass is 16.5. The number of nitrogens with zero attached hydrogens (tertiary/aromatic N) is 1. The molecule has 0 fully saturated rings.